The van der Waals surface area contributed by atoms with Gasteiger partial charge in [0.15, 0.2) is 0 Å². The Morgan fingerprint density at radius 3 is 1.64 bits per heavy atom. The van der Waals surface area contributed by atoms with Crippen molar-refractivity contribution in [1.29, 1.82) is 0 Å². The van der Waals surface area contributed by atoms with Crippen LogP contribution in [0, 0.1) is 0 Å². The molecule has 0 fully saturated rings. The smallest absolute Gasteiger partial charge is 0.113 e. The number of hydrogen-bond donors (Lipinski definition) is 0. The van der Waals surface area contributed by atoms with E-state index >= 15 is 0 Å². The van der Waals surface area contributed by atoms with Gasteiger partial charge in [-0.1, -0.05) is 90.0 Å². The van der Waals surface area contributed by atoms with Crippen LogP contribution in [-0.2, 0) is 6.54 Å². The van der Waals surface area contributed by atoms with Gasteiger partial charge in [0.25, 0.3) is 0 Å². The predicted molar refractivity (Wildman–Crippen MR) is 115 cm³/mol. The van der Waals surface area contributed by atoms with Gasteiger partial charge in [0.05, 0.1) is 25.5 Å². The zero-order valence-electron chi connectivity index (χ0n) is 17.4. The van der Waals surface area contributed by atoms with E-state index in [2.05, 4.69) is 38.5 Å². The first kappa shape index (κ1) is 22.7. The zero-order valence-corrected chi connectivity index (χ0v) is 18.2. The number of thiophene rings is 1. The fourth-order valence-corrected chi connectivity index (χ4v) is 4.55. The van der Waals surface area contributed by atoms with Crippen molar-refractivity contribution in [3.8, 4) is 0 Å². The summed E-state index contributed by atoms with van der Waals surface area (Å²) in [5, 5.41) is 2.20. The van der Waals surface area contributed by atoms with Crippen molar-refractivity contribution in [2.24, 2.45) is 0 Å². The van der Waals surface area contributed by atoms with Crippen molar-refractivity contribution >= 4 is 11.3 Å². The molecule has 146 valence electrons. The molecule has 1 nitrogen and oxygen atoms in total. The van der Waals surface area contributed by atoms with Crippen LogP contribution in [0.25, 0.3) is 0 Å². The molecule has 0 saturated heterocycles. The molecule has 1 aromatic rings. The Labute approximate surface area is 162 Å². The predicted octanol–water partition coefficient (Wildman–Crippen LogP) is 7.81. The van der Waals surface area contributed by atoms with Crippen LogP contribution < -0.4 is 0 Å². The maximum absolute atomic E-state index is 2.38. The summed E-state index contributed by atoms with van der Waals surface area (Å²) in [6, 6.07) is 4.45. The van der Waals surface area contributed by atoms with Crippen molar-refractivity contribution in [3.63, 3.8) is 0 Å². The third-order valence-corrected chi connectivity index (χ3v) is 6.14. The summed E-state index contributed by atoms with van der Waals surface area (Å²) in [6.07, 6.45) is 20.2. The molecule has 0 aliphatic carbocycles. The molecule has 0 N–H and O–H groups in total. The quantitative estimate of drug-likeness (QED) is 0.195. The molecular weight excluding hydrogens is 322 g/mol. The molecule has 0 unspecified atom stereocenters. The highest BCUT2D eigenvalue weighted by Gasteiger charge is 2.15. The van der Waals surface area contributed by atoms with Gasteiger partial charge < -0.3 is 4.48 Å². The summed E-state index contributed by atoms with van der Waals surface area (Å²) >= 11 is 1.90. The second-order valence-electron chi connectivity index (χ2n) is 8.49. The van der Waals surface area contributed by atoms with Gasteiger partial charge >= 0.3 is 0 Å². The number of quaternary nitrogens is 1. The van der Waals surface area contributed by atoms with E-state index in [1.165, 1.54) is 108 Å². The van der Waals surface area contributed by atoms with Crippen molar-refractivity contribution in [3.05, 3.63) is 22.4 Å². The number of nitrogens with zero attached hydrogens (tertiary/aromatic N) is 1. The molecule has 0 atom stereocenters. The average molecular weight is 367 g/mol. The van der Waals surface area contributed by atoms with E-state index in [1.54, 1.807) is 0 Å². The Hall–Kier alpha value is -0.340. The largest absolute Gasteiger partial charge is 0.324 e. The van der Waals surface area contributed by atoms with Gasteiger partial charge in [0.1, 0.15) is 6.54 Å². The second kappa shape index (κ2) is 14.8. The minimum atomic E-state index is 1.14. The average Bonchev–Trinajstić information content (AvgIpc) is 3.07. The third kappa shape index (κ3) is 13.5. The molecule has 0 spiro atoms. The van der Waals surface area contributed by atoms with Crippen LogP contribution in [0.2, 0.25) is 0 Å². The van der Waals surface area contributed by atoms with E-state index in [1.807, 2.05) is 11.3 Å². The Kier molecular flexibility index (Phi) is 13.4. The van der Waals surface area contributed by atoms with Crippen molar-refractivity contribution in [1.82, 2.24) is 0 Å². The Morgan fingerprint density at radius 1 is 0.720 bits per heavy atom. The van der Waals surface area contributed by atoms with Gasteiger partial charge in [0.2, 0.25) is 0 Å². The molecule has 0 saturated carbocycles. The van der Waals surface area contributed by atoms with Crippen LogP contribution in [-0.4, -0.2) is 25.1 Å². The highest BCUT2D eigenvalue weighted by molar-refractivity contribution is 7.09. The molecule has 0 aliphatic heterocycles. The molecule has 0 aliphatic rings. The normalized spacial score (nSPS) is 12.0. The lowest BCUT2D eigenvalue weighted by atomic mass is 10.0. The summed E-state index contributed by atoms with van der Waals surface area (Å²) in [7, 11) is 4.75. The standard InChI is InChI=1S/C23H44NS/c1-4-5-6-7-8-9-10-11-12-13-14-15-16-17-20-24(2,3)22-23-19-18-21-25-23/h18-19,21H,4-17,20,22H2,1-3H3/q+1. The summed E-state index contributed by atoms with van der Waals surface area (Å²) in [5.41, 5.74) is 0. The van der Waals surface area contributed by atoms with E-state index < -0.39 is 0 Å². The van der Waals surface area contributed by atoms with E-state index in [9.17, 15) is 0 Å². The van der Waals surface area contributed by atoms with E-state index in [0.29, 0.717) is 0 Å². The Bertz CT molecular complexity index is 383. The van der Waals surface area contributed by atoms with E-state index in [0.717, 1.165) is 4.48 Å². The lowest BCUT2D eigenvalue weighted by Crippen LogP contribution is -2.39. The molecule has 0 aromatic carbocycles. The summed E-state index contributed by atoms with van der Waals surface area (Å²) in [4.78, 5) is 1.52. The van der Waals surface area contributed by atoms with E-state index in [-0.39, 0.29) is 0 Å². The van der Waals surface area contributed by atoms with Crippen LogP contribution in [0.4, 0.5) is 0 Å². The van der Waals surface area contributed by atoms with Crippen LogP contribution in [0.3, 0.4) is 0 Å². The molecule has 25 heavy (non-hydrogen) atoms. The molecular formula is C23H44NS+. The van der Waals surface area contributed by atoms with Gasteiger partial charge in [-0.2, -0.15) is 0 Å². The molecule has 0 amide bonds. The first-order chi connectivity index (χ1) is 12.1. The van der Waals surface area contributed by atoms with Crippen LogP contribution >= 0.6 is 11.3 Å². The minimum Gasteiger partial charge on any atom is -0.324 e. The zero-order chi connectivity index (χ0) is 18.2. The maximum atomic E-state index is 2.38. The number of unbranched alkanes of at least 4 members (excludes halogenated alkanes) is 13. The molecule has 0 bridgehead atoms. The number of rotatable bonds is 17. The summed E-state index contributed by atoms with van der Waals surface area (Å²) < 4.78 is 1.14. The van der Waals surface area contributed by atoms with Crippen molar-refractivity contribution in [2.75, 3.05) is 20.6 Å². The SMILES string of the molecule is CCCCCCCCCCCCCCCC[N+](C)(C)Cc1cccs1. The highest BCUT2D eigenvalue weighted by atomic mass is 32.1. The lowest BCUT2D eigenvalue weighted by molar-refractivity contribution is -0.903. The van der Waals surface area contributed by atoms with Gasteiger partial charge in [-0.05, 0) is 24.3 Å². The van der Waals surface area contributed by atoms with E-state index in [4.69, 9.17) is 0 Å². The Balaban J connectivity index is 1.82. The monoisotopic (exact) mass is 366 g/mol. The van der Waals surface area contributed by atoms with Crippen LogP contribution in [0.1, 0.15) is 102 Å². The maximum Gasteiger partial charge on any atom is 0.113 e. The molecule has 0 radical (unpaired) electrons. The fraction of sp³-hybridized carbons (Fsp3) is 0.826. The molecule has 1 heterocycles. The lowest BCUT2D eigenvalue weighted by Gasteiger charge is -2.29. The highest BCUT2D eigenvalue weighted by Crippen LogP contribution is 2.17. The van der Waals surface area contributed by atoms with Crippen LogP contribution in [0.5, 0.6) is 0 Å². The topological polar surface area (TPSA) is 0 Å². The Morgan fingerprint density at radius 2 is 1.20 bits per heavy atom. The number of hydrogen-bond acceptors (Lipinski definition) is 1. The molecule has 1 rings (SSSR count). The second-order valence-corrected chi connectivity index (χ2v) is 9.53. The van der Waals surface area contributed by atoms with Crippen LogP contribution in [0.15, 0.2) is 17.5 Å². The fourth-order valence-electron chi connectivity index (χ4n) is 3.64. The molecule has 2 heteroatoms. The van der Waals surface area contributed by atoms with Crippen molar-refractivity contribution in [2.45, 2.75) is 103 Å². The minimum absolute atomic E-state index is 1.14. The molecule has 1 aromatic heterocycles. The first-order valence-electron chi connectivity index (χ1n) is 11.0. The van der Waals surface area contributed by atoms with Crippen molar-refractivity contribution < 1.29 is 4.48 Å². The van der Waals surface area contributed by atoms with Gasteiger partial charge in [0, 0.05) is 0 Å². The summed E-state index contributed by atoms with van der Waals surface area (Å²) in [5.74, 6) is 0. The van der Waals surface area contributed by atoms with Gasteiger partial charge in [-0.3, -0.25) is 0 Å². The van der Waals surface area contributed by atoms with Gasteiger partial charge in [-0.25, -0.2) is 0 Å². The van der Waals surface area contributed by atoms with Gasteiger partial charge in [-0.15, -0.1) is 11.3 Å². The third-order valence-electron chi connectivity index (χ3n) is 5.28. The summed E-state index contributed by atoms with van der Waals surface area (Å²) in [6.45, 7) is 4.80. The first-order valence-corrected chi connectivity index (χ1v) is 11.9.